The number of fused-ring (bicyclic) bond motifs is 1. The molecule has 0 saturated carbocycles. The quantitative estimate of drug-likeness (QED) is 0.812. The fourth-order valence-electron chi connectivity index (χ4n) is 4.46. The maximum Gasteiger partial charge on any atom is 0.303 e. The molecule has 4 rings (SSSR count). The van der Waals surface area contributed by atoms with Crippen LogP contribution in [0, 0.1) is 17.8 Å². The third-order valence-electron chi connectivity index (χ3n) is 6.00. The number of hydrogen-bond acceptors (Lipinski definition) is 5. The van der Waals surface area contributed by atoms with Crippen LogP contribution >= 0.6 is 0 Å². The minimum absolute atomic E-state index is 0.0303. The van der Waals surface area contributed by atoms with Crippen molar-refractivity contribution in [3.05, 3.63) is 24.3 Å². The van der Waals surface area contributed by atoms with Crippen molar-refractivity contribution in [1.29, 1.82) is 0 Å². The standard InChI is InChI=1S/C20H26N4O4/c25-19(26)10-14-2-6-24(20(27)13-3-7-28-8-4-13)12-15(14)9-18-22-16-1-5-21-11-17(16)23-18/h1,5,11,13-15H,2-4,6-10,12H2,(H,22,23)(H,25,26). The lowest BCUT2D eigenvalue weighted by Crippen LogP contribution is -2.48. The number of likely N-dealkylation sites (tertiary alicyclic amines) is 1. The molecule has 4 heterocycles. The second kappa shape index (κ2) is 8.26. The second-order valence-corrected chi connectivity index (χ2v) is 7.86. The van der Waals surface area contributed by atoms with Crippen molar-refractivity contribution in [1.82, 2.24) is 19.9 Å². The number of aliphatic carboxylic acids is 1. The van der Waals surface area contributed by atoms with Gasteiger partial charge in [-0.25, -0.2) is 4.98 Å². The molecule has 2 fully saturated rings. The predicted octanol–water partition coefficient (Wildman–Crippen LogP) is 1.87. The van der Waals surface area contributed by atoms with Gasteiger partial charge in [-0.3, -0.25) is 14.6 Å². The Morgan fingerprint density at radius 3 is 2.82 bits per heavy atom. The minimum Gasteiger partial charge on any atom is -0.481 e. The molecule has 28 heavy (non-hydrogen) atoms. The van der Waals surface area contributed by atoms with Crippen molar-refractivity contribution in [3.8, 4) is 0 Å². The Kier molecular flexibility index (Phi) is 5.57. The predicted molar refractivity (Wildman–Crippen MR) is 102 cm³/mol. The van der Waals surface area contributed by atoms with Gasteiger partial charge in [0.2, 0.25) is 5.91 Å². The number of rotatable bonds is 5. The van der Waals surface area contributed by atoms with Gasteiger partial charge in [-0.2, -0.15) is 0 Å². The van der Waals surface area contributed by atoms with Crippen LogP contribution in [0.15, 0.2) is 18.5 Å². The molecule has 1 amide bonds. The van der Waals surface area contributed by atoms with E-state index in [1.54, 1.807) is 12.4 Å². The van der Waals surface area contributed by atoms with E-state index >= 15 is 0 Å². The first-order valence-corrected chi connectivity index (χ1v) is 9.97. The van der Waals surface area contributed by atoms with Gasteiger partial charge in [-0.05, 0) is 37.2 Å². The van der Waals surface area contributed by atoms with Crippen LogP contribution in [-0.4, -0.2) is 63.1 Å². The number of amides is 1. The number of aromatic amines is 1. The number of ether oxygens (including phenoxy) is 1. The molecule has 2 aliphatic heterocycles. The van der Waals surface area contributed by atoms with Crippen LogP contribution in [-0.2, 0) is 20.7 Å². The monoisotopic (exact) mass is 386 g/mol. The van der Waals surface area contributed by atoms with Crippen LogP contribution in [0.4, 0.5) is 0 Å². The summed E-state index contributed by atoms with van der Waals surface area (Å²) in [7, 11) is 0. The van der Waals surface area contributed by atoms with E-state index in [9.17, 15) is 14.7 Å². The first-order valence-electron chi connectivity index (χ1n) is 9.97. The molecular weight excluding hydrogens is 360 g/mol. The van der Waals surface area contributed by atoms with E-state index in [4.69, 9.17) is 4.74 Å². The molecule has 0 bridgehead atoms. The van der Waals surface area contributed by atoms with E-state index in [2.05, 4.69) is 15.0 Å². The zero-order valence-electron chi connectivity index (χ0n) is 15.8. The zero-order chi connectivity index (χ0) is 19.5. The number of H-pyrrole nitrogens is 1. The highest BCUT2D eigenvalue weighted by Gasteiger charge is 2.35. The van der Waals surface area contributed by atoms with E-state index in [-0.39, 0.29) is 30.1 Å². The van der Waals surface area contributed by atoms with Gasteiger partial charge in [0.05, 0.1) is 17.2 Å². The molecule has 2 aromatic rings. The molecule has 2 aliphatic rings. The number of piperidine rings is 1. The number of carboxylic acids is 1. The van der Waals surface area contributed by atoms with Crippen LogP contribution in [0.2, 0.25) is 0 Å². The zero-order valence-corrected chi connectivity index (χ0v) is 15.8. The average Bonchev–Trinajstić information content (AvgIpc) is 3.11. The average molecular weight is 386 g/mol. The Labute approximate surface area is 163 Å². The third-order valence-corrected chi connectivity index (χ3v) is 6.00. The van der Waals surface area contributed by atoms with E-state index in [0.717, 1.165) is 29.7 Å². The fourth-order valence-corrected chi connectivity index (χ4v) is 4.46. The first-order chi connectivity index (χ1) is 13.6. The molecule has 0 spiro atoms. The van der Waals surface area contributed by atoms with Gasteiger partial charge >= 0.3 is 5.97 Å². The Morgan fingerprint density at radius 2 is 2.07 bits per heavy atom. The summed E-state index contributed by atoms with van der Waals surface area (Å²) in [6.45, 7) is 2.50. The van der Waals surface area contributed by atoms with Crippen molar-refractivity contribution < 1.29 is 19.4 Å². The molecule has 2 N–H and O–H groups in total. The lowest BCUT2D eigenvalue weighted by molar-refractivity contribution is -0.142. The molecule has 2 unspecified atom stereocenters. The molecule has 0 radical (unpaired) electrons. The van der Waals surface area contributed by atoms with Crippen molar-refractivity contribution in [2.24, 2.45) is 17.8 Å². The van der Waals surface area contributed by atoms with Crippen LogP contribution in [0.3, 0.4) is 0 Å². The highest BCUT2D eigenvalue weighted by atomic mass is 16.5. The lowest BCUT2D eigenvalue weighted by Gasteiger charge is -2.40. The van der Waals surface area contributed by atoms with Gasteiger partial charge < -0.3 is 19.7 Å². The summed E-state index contributed by atoms with van der Waals surface area (Å²) in [5.74, 6) is 0.375. The van der Waals surface area contributed by atoms with Crippen molar-refractivity contribution in [2.75, 3.05) is 26.3 Å². The van der Waals surface area contributed by atoms with Gasteiger partial charge in [0.15, 0.2) is 0 Å². The topological polar surface area (TPSA) is 108 Å². The molecule has 8 heteroatoms. The van der Waals surface area contributed by atoms with Crippen molar-refractivity contribution >= 4 is 22.9 Å². The molecule has 2 atom stereocenters. The van der Waals surface area contributed by atoms with Crippen molar-refractivity contribution in [3.63, 3.8) is 0 Å². The number of carbonyl (C=O) groups excluding carboxylic acids is 1. The van der Waals surface area contributed by atoms with Gasteiger partial charge in [-0.1, -0.05) is 0 Å². The number of carbonyl (C=O) groups is 2. The largest absolute Gasteiger partial charge is 0.481 e. The number of carboxylic acid groups (broad SMARTS) is 1. The summed E-state index contributed by atoms with van der Waals surface area (Å²) in [6, 6.07) is 1.85. The van der Waals surface area contributed by atoms with Crippen molar-refractivity contribution in [2.45, 2.75) is 32.1 Å². The Bertz CT molecular complexity index is 813. The molecule has 0 aromatic carbocycles. The molecule has 0 aliphatic carbocycles. The Morgan fingerprint density at radius 1 is 1.25 bits per heavy atom. The first kappa shape index (κ1) is 18.9. The van der Waals surface area contributed by atoms with Crippen LogP contribution in [0.1, 0.15) is 31.5 Å². The number of nitrogens with zero attached hydrogens (tertiary/aromatic N) is 3. The highest BCUT2D eigenvalue weighted by Crippen LogP contribution is 2.31. The number of hydrogen-bond donors (Lipinski definition) is 2. The van der Waals surface area contributed by atoms with Crippen LogP contribution in [0.25, 0.3) is 11.0 Å². The molecule has 150 valence electrons. The Balaban J connectivity index is 1.49. The van der Waals surface area contributed by atoms with Gasteiger partial charge in [0.25, 0.3) is 0 Å². The molecule has 2 aromatic heterocycles. The van der Waals surface area contributed by atoms with Crippen LogP contribution < -0.4 is 0 Å². The molecular formula is C20H26N4O4. The summed E-state index contributed by atoms with van der Waals surface area (Å²) in [5.41, 5.74) is 1.73. The van der Waals surface area contributed by atoms with Crippen LogP contribution in [0.5, 0.6) is 0 Å². The summed E-state index contributed by atoms with van der Waals surface area (Å²) in [4.78, 5) is 38.2. The van der Waals surface area contributed by atoms with E-state index < -0.39 is 5.97 Å². The SMILES string of the molecule is O=C(O)CC1CCN(C(=O)C2CCOCC2)CC1Cc1nc2ccncc2[nH]1. The maximum atomic E-state index is 12.9. The van der Waals surface area contributed by atoms with E-state index in [1.807, 2.05) is 11.0 Å². The summed E-state index contributed by atoms with van der Waals surface area (Å²) < 4.78 is 5.37. The lowest BCUT2D eigenvalue weighted by atomic mass is 9.80. The summed E-state index contributed by atoms with van der Waals surface area (Å²) >= 11 is 0. The highest BCUT2D eigenvalue weighted by molar-refractivity contribution is 5.79. The second-order valence-electron chi connectivity index (χ2n) is 7.86. The van der Waals surface area contributed by atoms with E-state index in [0.29, 0.717) is 39.1 Å². The van der Waals surface area contributed by atoms with Gasteiger partial charge in [0.1, 0.15) is 5.82 Å². The molecule has 2 saturated heterocycles. The minimum atomic E-state index is -0.784. The third kappa shape index (κ3) is 4.16. The van der Waals surface area contributed by atoms with E-state index in [1.165, 1.54) is 0 Å². The number of pyridine rings is 1. The molecule has 8 nitrogen and oxygen atoms in total. The maximum absolute atomic E-state index is 12.9. The number of imidazole rings is 1. The fraction of sp³-hybridized carbons (Fsp3) is 0.600. The van der Waals surface area contributed by atoms with Gasteiger partial charge in [0, 0.05) is 51.3 Å². The summed E-state index contributed by atoms with van der Waals surface area (Å²) in [5, 5.41) is 9.32. The smallest absolute Gasteiger partial charge is 0.303 e. The number of nitrogens with one attached hydrogen (secondary N) is 1. The normalized spacial score (nSPS) is 23.8. The number of aromatic nitrogens is 3. The summed E-state index contributed by atoms with van der Waals surface area (Å²) in [6.07, 6.45) is 6.46. The Hall–Kier alpha value is -2.48. The van der Waals surface area contributed by atoms with Gasteiger partial charge in [-0.15, -0.1) is 0 Å².